The molecular weight excluding hydrogens is 196 g/mol. The van der Waals surface area contributed by atoms with Crippen molar-refractivity contribution in [3.63, 3.8) is 0 Å². The number of nitrogens with zero attached hydrogens (tertiary/aromatic N) is 1. The fourth-order valence-electron chi connectivity index (χ4n) is 1.01. The second kappa shape index (κ2) is 9.26. The van der Waals surface area contributed by atoms with Crippen LogP contribution in [0, 0.1) is 10.1 Å². The largest absolute Gasteiger partial charge is 0.367 e. The quantitative estimate of drug-likeness (QED) is 0.294. The molecule has 0 atom stereocenters. The molecule has 0 unspecified atom stereocenters. The van der Waals surface area contributed by atoms with Gasteiger partial charge in [-0.25, -0.2) is 0 Å². The fourth-order valence-corrected chi connectivity index (χ4v) is 1.01. The Kier molecular flexibility index (Phi) is 8.46. The minimum Gasteiger partial charge on any atom is -0.367 e. The number of hydrogen-bond acceptors (Lipinski definition) is 5. The SMILES string of the molecule is CCCNC(=C[N+](=O)[O-])NCCCCN. The number of hydrogen-bond donors (Lipinski definition) is 3. The highest BCUT2D eigenvalue weighted by atomic mass is 16.6. The molecule has 0 fully saturated rings. The zero-order valence-corrected chi connectivity index (χ0v) is 9.16. The topological polar surface area (TPSA) is 93.2 Å². The van der Waals surface area contributed by atoms with Gasteiger partial charge >= 0.3 is 0 Å². The van der Waals surface area contributed by atoms with E-state index in [1.807, 2.05) is 6.92 Å². The third kappa shape index (κ3) is 9.01. The average Bonchev–Trinajstić information content (AvgIpc) is 2.19. The number of rotatable bonds is 9. The monoisotopic (exact) mass is 216 g/mol. The summed E-state index contributed by atoms with van der Waals surface area (Å²) in [5.41, 5.74) is 5.34. The molecule has 0 saturated heterocycles. The lowest BCUT2D eigenvalue weighted by Gasteiger charge is -2.09. The lowest BCUT2D eigenvalue weighted by atomic mass is 10.3. The smallest absolute Gasteiger partial charge is 0.274 e. The molecule has 0 aromatic rings. The molecule has 0 aromatic heterocycles. The minimum atomic E-state index is -0.464. The molecule has 0 aliphatic heterocycles. The Morgan fingerprint density at radius 1 is 1.40 bits per heavy atom. The lowest BCUT2D eigenvalue weighted by molar-refractivity contribution is -0.404. The molecule has 0 bridgehead atoms. The van der Waals surface area contributed by atoms with Crippen molar-refractivity contribution in [2.24, 2.45) is 5.73 Å². The standard InChI is InChI=1S/C9H20N4O2/c1-2-6-11-9(8-13(14)15)12-7-4-3-5-10/h8,11-12H,2-7,10H2,1H3. The maximum atomic E-state index is 10.3. The van der Waals surface area contributed by atoms with Crippen LogP contribution in [0.2, 0.25) is 0 Å². The van der Waals surface area contributed by atoms with E-state index in [2.05, 4.69) is 10.6 Å². The van der Waals surface area contributed by atoms with Crippen LogP contribution in [-0.2, 0) is 0 Å². The Hall–Kier alpha value is -1.30. The highest BCUT2D eigenvalue weighted by molar-refractivity contribution is 4.91. The Labute approximate surface area is 90.1 Å². The molecule has 0 heterocycles. The summed E-state index contributed by atoms with van der Waals surface area (Å²) >= 11 is 0. The van der Waals surface area contributed by atoms with Crippen molar-refractivity contribution < 1.29 is 4.92 Å². The van der Waals surface area contributed by atoms with Crippen molar-refractivity contribution >= 4 is 0 Å². The van der Waals surface area contributed by atoms with Gasteiger partial charge in [0.05, 0.1) is 4.92 Å². The Morgan fingerprint density at radius 3 is 2.60 bits per heavy atom. The van der Waals surface area contributed by atoms with Crippen LogP contribution < -0.4 is 16.4 Å². The van der Waals surface area contributed by atoms with Gasteiger partial charge in [0.1, 0.15) is 0 Å². The summed E-state index contributed by atoms with van der Waals surface area (Å²) in [6.45, 7) is 4.08. The average molecular weight is 216 g/mol. The van der Waals surface area contributed by atoms with Crippen molar-refractivity contribution in [1.82, 2.24) is 10.6 Å². The molecule has 15 heavy (non-hydrogen) atoms. The van der Waals surface area contributed by atoms with Crippen LogP contribution in [0.4, 0.5) is 0 Å². The van der Waals surface area contributed by atoms with Crippen LogP contribution in [0.3, 0.4) is 0 Å². The van der Waals surface area contributed by atoms with E-state index < -0.39 is 4.92 Å². The number of nitrogens with two attached hydrogens (primary N) is 1. The highest BCUT2D eigenvalue weighted by Gasteiger charge is 2.00. The Balaban J connectivity index is 3.85. The first-order chi connectivity index (χ1) is 7.20. The van der Waals surface area contributed by atoms with Crippen LogP contribution in [0.25, 0.3) is 0 Å². The van der Waals surface area contributed by atoms with E-state index in [9.17, 15) is 10.1 Å². The molecule has 0 rings (SSSR count). The number of nitrogens with one attached hydrogen (secondary N) is 2. The van der Waals surface area contributed by atoms with Crippen molar-refractivity contribution in [2.45, 2.75) is 26.2 Å². The van der Waals surface area contributed by atoms with E-state index in [4.69, 9.17) is 5.73 Å². The van der Waals surface area contributed by atoms with Gasteiger partial charge in [0.25, 0.3) is 6.20 Å². The summed E-state index contributed by atoms with van der Waals surface area (Å²) in [5, 5.41) is 16.2. The first-order valence-electron chi connectivity index (χ1n) is 5.23. The predicted octanol–water partition coefficient (Wildman–Crippen LogP) is 0.390. The molecule has 0 aliphatic carbocycles. The number of nitro groups is 1. The summed E-state index contributed by atoms with van der Waals surface area (Å²) in [4.78, 5) is 9.83. The molecule has 0 spiro atoms. The van der Waals surface area contributed by atoms with E-state index in [1.54, 1.807) is 0 Å². The van der Waals surface area contributed by atoms with Crippen LogP contribution >= 0.6 is 0 Å². The summed E-state index contributed by atoms with van der Waals surface area (Å²) in [7, 11) is 0. The molecule has 4 N–H and O–H groups in total. The van der Waals surface area contributed by atoms with Crippen molar-refractivity contribution in [1.29, 1.82) is 0 Å². The summed E-state index contributed by atoms with van der Waals surface area (Å²) in [6, 6.07) is 0. The predicted molar refractivity (Wildman–Crippen MR) is 59.7 cm³/mol. The molecular formula is C9H20N4O2. The second-order valence-electron chi connectivity index (χ2n) is 3.18. The van der Waals surface area contributed by atoms with E-state index in [0.29, 0.717) is 18.9 Å². The molecule has 0 aliphatic rings. The summed E-state index contributed by atoms with van der Waals surface area (Å²) in [6.07, 6.45) is 3.73. The van der Waals surface area contributed by atoms with Crippen molar-refractivity contribution in [2.75, 3.05) is 19.6 Å². The first-order valence-corrected chi connectivity index (χ1v) is 5.23. The minimum absolute atomic E-state index is 0.464. The Bertz CT molecular complexity index is 206. The van der Waals surface area contributed by atoms with Gasteiger partial charge in [-0.3, -0.25) is 10.1 Å². The van der Waals surface area contributed by atoms with Gasteiger partial charge in [0.15, 0.2) is 5.82 Å². The van der Waals surface area contributed by atoms with Crippen LogP contribution in [0.5, 0.6) is 0 Å². The third-order valence-corrected chi connectivity index (χ3v) is 1.75. The zero-order chi connectivity index (χ0) is 11.5. The summed E-state index contributed by atoms with van der Waals surface area (Å²) in [5.74, 6) is 0.471. The highest BCUT2D eigenvalue weighted by Crippen LogP contribution is 1.89. The Morgan fingerprint density at radius 2 is 2.07 bits per heavy atom. The first kappa shape index (κ1) is 13.7. The zero-order valence-electron chi connectivity index (χ0n) is 9.16. The maximum absolute atomic E-state index is 10.3. The lowest BCUT2D eigenvalue weighted by Crippen LogP contribution is -2.28. The van der Waals surface area contributed by atoms with Crippen molar-refractivity contribution in [3.8, 4) is 0 Å². The molecule has 6 nitrogen and oxygen atoms in total. The van der Waals surface area contributed by atoms with Gasteiger partial charge in [0.2, 0.25) is 0 Å². The molecule has 88 valence electrons. The van der Waals surface area contributed by atoms with Gasteiger partial charge in [0, 0.05) is 13.1 Å². The van der Waals surface area contributed by atoms with Gasteiger partial charge in [-0.05, 0) is 25.8 Å². The van der Waals surface area contributed by atoms with Crippen molar-refractivity contribution in [3.05, 3.63) is 22.1 Å². The molecule has 0 radical (unpaired) electrons. The summed E-state index contributed by atoms with van der Waals surface area (Å²) < 4.78 is 0. The fraction of sp³-hybridized carbons (Fsp3) is 0.778. The normalized spacial score (nSPS) is 11.2. The van der Waals surface area contributed by atoms with Crippen LogP contribution in [0.1, 0.15) is 26.2 Å². The molecule has 0 aromatic carbocycles. The van der Waals surface area contributed by atoms with Gasteiger partial charge in [-0.15, -0.1) is 0 Å². The van der Waals surface area contributed by atoms with Gasteiger partial charge in [-0.2, -0.15) is 0 Å². The van der Waals surface area contributed by atoms with Gasteiger partial charge in [-0.1, -0.05) is 6.92 Å². The van der Waals surface area contributed by atoms with Crippen LogP contribution in [-0.4, -0.2) is 24.6 Å². The second-order valence-corrected chi connectivity index (χ2v) is 3.18. The van der Waals surface area contributed by atoms with Crippen LogP contribution in [0.15, 0.2) is 12.0 Å². The molecule has 0 saturated carbocycles. The van der Waals surface area contributed by atoms with E-state index >= 15 is 0 Å². The van der Waals surface area contributed by atoms with E-state index in [1.165, 1.54) is 0 Å². The maximum Gasteiger partial charge on any atom is 0.274 e. The number of unbranched alkanes of at least 4 members (excludes halogenated alkanes) is 1. The van der Waals surface area contributed by atoms with Gasteiger partial charge < -0.3 is 16.4 Å². The third-order valence-electron chi connectivity index (χ3n) is 1.75. The molecule has 0 amide bonds. The molecule has 6 heteroatoms. The van der Waals surface area contributed by atoms with E-state index in [0.717, 1.165) is 32.0 Å². The van der Waals surface area contributed by atoms with E-state index in [-0.39, 0.29) is 0 Å².